The SMILES string of the molecule is CCNc1nc(NC2(CO)CCCCC2)c(Cl)cc1Cl. The predicted octanol–water partition coefficient (Wildman–Crippen LogP) is 3.93. The fraction of sp³-hybridized carbons (Fsp3) is 0.643. The summed E-state index contributed by atoms with van der Waals surface area (Å²) in [6.07, 6.45) is 5.30. The van der Waals surface area contributed by atoms with Gasteiger partial charge in [-0.2, -0.15) is 0 Å². The second-order valence-electron chi connectivity index (χ2n) is 5.30. The van der Waals surface area contributed by atoms with E-state index < -0.39 is 0 Å². The molecular formula is C14H21Cl2N3O. The molecular weight excluding hydrogens is 297 g/mol. The molecule has 0 aliphatic heterocycles. The minimum Gasteiger partial charge on any atom is -0.394 e. The van der Waals surface area contributed by atoms with Crippen molar-refractivity contribution in [1.82, 2.24) is 4.98 Å². The third kappa shape index (κ3) is 3.48. The normalized spacial score (nSPS) is 17.8. The lowest BCUT2D eigenvalue weighted by Gasteiger charge is -2.37. The topological polar surface area (TPSA) is 57.2 Å². The molecule has 0 saturated heterocycles. The van der Waals surface area contributed by atoms with Crippen molar-refractivity contribution in [3.63, 3.8) is 0 Å². The van der Waals surface area contributed by atoms with E-state index in [1.54, 1.807) is 6.07 Å². The lowest BCUT2D eigenvalue weighted by molar-refractivity contribution is 0.172. The molecule has 1 aromatic heterocycles. The summed E-state index contributed by atoms with van der Waals surface area (Å²) in [7, 11) is 0. The molecule has 0 radical (unpaired) electrons. The van der Waals surface area contributed by atoms with Crippen LogP contribution in [-0.4, -0.2) is 28.8 Å². The molecule has 1 heterocycles. The maximum absolute atomic E-state index is 9.75. The molecule has 2 rings (SSSR count). The van der Waals surface area contributed by atoms with Crippen LogP contribution in [0.25, 0.3) is 0 Å². The first-order valence-corrected chi connectivity index (χ1v) is 7.85. The largest absolute Gasteiger partial charge is 0.394 e. The summed E-state index contributed by atoms with van der Waals surface area (Å²) in [6, 6.07) is 1.68. The Bertz CT molecular complexity index is 462. The van der Waals surface area contributed by atoms with Crippen molar-refractivity contribution in [3.8, 4) is 0 Å². The number of pyridine rings is 1. The van der Waals surface area contributed by atoms with E-state index in [-0.39, 0.29) is 12.1 Å². The second kappa shape index (κ2) is 6.83. The summed E-state index contributed by atoms with van der Waals surface area (Å²) in [6.45, 7) is 2.80. The number of nitrogens with zero attached hydrogens (tertiary/aromatic N) is 1. The summed E-state index contributed by atoms with van der Waals surface area (Å²) in [5, 5.41) is 17.2. The molecule has 20 heavy (non-hydrogen) atoms. The fourth-order valence-corrected chi connectivity index (χ4v) is 3.12. The van der Waals surface area contributed by atoms with Gasteiger partial charge in [0.15, 0.2) is 0 Å². The van der Waals surface area contributed by atoms with Crippen LogP contribution in [0, 0.1) is 0 Å². The monoisotopic (exact) mass is 317 g/mol. The van der Waals surface area contributed by atoms with Gasteiger partial charge in [0.1, 0.15) is 11.6 Å². The van der Waals surface area contributed by atoms with Gasteiger partial charge in [-0.15, -0.1) is 0 Å². The highest BCUT2D eigenvalue weighted by molar-refractivity contribution is 6.37. The smallest absolute Gasteiger partial charge is 0.147 e. The molecule has 0 unspecified atom stereocenters. The van der Waals surface area contributed by atoms with E-state index in [1.807, 2.05) is 6.92 Å². The molecule has 112 valence electrons. The van der Waals surface area contributed by atoms with Gasteiger partial charge in [-0.3, -0.25) is 0 Å². The first-order chi connectivity index (χ1) is 9.60. The minimum atomic E-state index is -0.313. The first-order valence-electron chi connectivity index (χ1n) is 7.09. The van der Waals surface area contributed by atoms with Gasteiger partial charge in [0.25, 0.3) is 0 Å². The molecule has 1 aliphatic rings. The average Bonchev–Trinajstić information content (AvgIpc) is 2.45. The summed E-state index contributed by atoms with van der Waals surface area (Å²) in [4.78, 5) is 4.45. The van der Waals surface area contributed by atoms with Crippen LogP contribution in [-0.2, 0) is 0 Å². The second-order valence-corrected chi connectivity index (χ2v) is 6.12. The molecule has 0 atom stereocenters. The Morgan fingerprint density at radius 3 is 2.45 bits per heavy atom. The molecule has 1 aromatic rings. The highest BCUT2D eigenvalue weighted by Gasteiger charge is 2.32. The molecule has 6 heteroatoms. The molecule has 1 saturated carbocycles. The van der Waals surface area contributed by atoms with Crippen LogP contribution in [0.15, 0.2) is 6.07 Å². The van der Waals surface area contributed by atoms with E-state index in [2.05, 4.69) is 15.6 Å². The number of nitrogens with one attached hydrogen (secondary N) is 2. The zero-order valence-corrected chi connectivity index (χ0v) is 13.2. The van der Waals surface area contributed by atoms with Gasteiger partial charge in [-0.05, 0) is 25.8 Å². The van der Waals surface area contributed by atoms with Gasteiger partial charge < -0.3 is 15.7 Å². The first kappa shape index (κ1) is 15.7. The van der Waals surface area contributed by atoms with E-state index in [4.69, 9.17) is 23.2 Å². The zero-order valence-electron chi connectivity index (χ0n) is 11.7. The Labute approximate surface area is 129 Å². The Balaban J connectivity index is 2.25. The summed E-state index contributed by atoms with van der Waals surface area (Å²) in [5.74, 6) is 1.20. The Kier molecular flexibility index (Phi) is 5.35. The summed E-state index contributed by atoms with van der Waals surface area (Å²) in [5.41, 5.74) is -0.313. The number of rotatable bonds is 5. The van der Waals surface area contributed by atoms with E-state index in [1.165, 1.54) is 6.42 Å². The fourth-order valence-electron chi connectivity index (χ4n) is 2.65. The van der Waals surface area contributed by atoms with E-state index >= 15 is 0 Å². The highest BCUT2D eigenvalue weighted by Crippen LogP contribution is 2.35. The number of aromatic nitrogens is 1. The third-order valence-electron chi connectivity index (χ3n) is 3.77. The van der Waals surface area contributed by atoms with Crippen LogP contribution in [0.5, 0.6) is 0 Å². The molecule has 0 amide bonds. The Morgan fingerprint density at radius 2 is 1.85 bits per heavy atom. The summed E-state index contributed by atoms with van der Waals surface area (Å²) < 4.78 is 0. The van der Waals surface area contributed by atoms with Crippen molar-refractivity contribution in [2.24, 2.45) is 0 Å². The number of aliphatic hydroxyl groups is 1. The van der Waals surface area contributed by atoms with E-state index in [0.29, 0.717) is 21.7 Å². The number of hydrogen-bond acceptors (Lipinski definition) is 4. The van der Waals surface area contributed by atoms with Crippen molar-refractivity contribution in [1.29, 1.82) is 0 Å². The quantitative estimate of drug-likeness (QED) is 0.770. The molecule has 4 nitrogen and oxygen atoms in total. The predicted molar refractivity (Wildman–Crippen MR) is 84.9 cm³/mol. The molecule has 0 spiro atoms. The van der Waals surface area contributed by atoms with Gasteiger partial charge in [-0.25, -0.2) is 4.98 Å². The number of anilines is 2. The maximum Gasteiger partial charge on any atom is 0.147 e. The molecule has 0 aromatic carbocycles. The minimum absolute atomic E-state index is 0.0875. The Hall–Kier alpha value is -0.710. The van der Waals surface area contributed by atoms with Crippen LogP contribution in [0.3, 0.4) is 0 Å². The van der Waals surface area contributed by atoms with Crippen LogP contribution in [0.1, 0.15) is 39.0 Å². The van der Waals surface area contributed by atoms with Gasteiger partial charge in [-0.1, -0.05) is 42.5 Å². The number of hydrogen-bond donors (Lipinski definition) is 3. The van der Waals surface area contributed by atoms with Gasteiger partial charge in [0.05, 0.1) is 22.2 Å². The lowest BCUT2D eigenvalue weighted by atomic mass is 9.82. The van der Waals surface area contributed by atoms with Gasteiger partial charge in [0.2, 0.25) is 0 Å². The van der Waals surface area contributed by atoms with Crippen molar-refractivity contribution < 1.29 is 5.11 Å². The van der Waals surface area contributed by atoms with Crippen LogP contribution in [0.4, 0.5) is 11.6 Å². The van der Waals surface area contributed by atoms with E-state index in [9.17, 15) is 5.11 Å². The van der Waals surface area contributed by atoms with Crippen molar-refractivity contribution in [3.05, 3.63) is 16.1 Å². The van der Waals surface area contributed by atoms with Crippen LogP contribution >= 0.6 is 23.2 Å². The third-order valence-corrected chi connectivity index (χ3v) is 4.35. The molecule has 1 fully saturated rings. The van der Waals surface area contributed by atoms with E-state index in [0.717, 1.165) is 32.2 Å². The van der Waals surface area contributed by atoms with Crippen molar-refractivity contribution in [2.45, 2.75) is 44.6 Å². The van der Waals surface area contributed by atoms with Gasteiger partial charge >= 0.3 is 0 Å². The van der Waals surface area contributed by atoms with Crippen molar-refractivity contribution in [2.75, 3.05) is 23.8 Å². The lowest BCUT2D eigenvalue weighted by Crippen LogP contribution is -2.44. The van der Waals surface area contributed by atoms with Crippen LogP contribution in [0.2, 0.25) is 10.0 Å². The highest BCUT2D eigenvalue weighted by atomic mass is 35.5. The average molecular weight is 318 g/mol. The zero-order chi connectivity index (χ0) is 14.6. The molecule has 1 aliphatic carbocycles. The number of aliphatic hydroxyl groups excluding tert-OH is 1. The van der Waals surface area contributed by atoms with Crippen molar-refractivity contribution >= 4 is 34.8 Å². The van der Waals surface area contributed by atoms with Crippen LogP contribution < -0.4 is 10.6 Å². The van der Waals surface area contributed by atoms with Gasteiger partial charge in [0, 0.05) is 6.54 Å². The molecule has 3 N–H and O–H groups in total. The molecule has 0 bridgehead atoms. The number of halogens is 2. The Morgan fingerprint density at radius 1 is 1.20 bits per heavy atom. The maximum atomic E-state index is 9.75. The summed E-state index contributed by atoms with van der Waals surface area (Å²) >= 11 is 12.3. The standard InChI is InChI=1S/C14H21Cl2N3O/c1-2-17-12-10(15)8-11(16)13(18-12)19-14(9-20)6-4-3-5-7-14/h8,20H,2-7,9H2,1H3,(H2,17,18,19).